The Labute approximate surface area is 70.6 Å². The predicted octanol–water partition coefficient (Wildman–Crippen LogP) is 0.982. The van der Waals surface area contributed by atoms with Gasteiger partial charge in [0.15, 0.2) is 4.90 Å². The second-order valence-electron chi connectivity index (χ2n) is 2.12. The monoisotopic (exact) mass is 169 g/mol. The van der Waals surface area contributed by atoms with Gasteiger partial charge >= 0.3 is 5.97 Å². The van der Waals surface area contributed by atoms with Gasteiger partial charge < -0.3 is 4.74 Å². The highest BCUT2D eigenvalue weighted by molar-refractivity contribution is 7.58. The second kappa shape index (κ2) is 3.44. The minimum absolute atomic E-state index is 0.299. The van der Waals surface area contributed by atoms with Gasteiger partial charge in [-0.1, -0.05) is 0 Å². The molecule has 0 saturated carbocycles. The number of benzene rings is 1. The summed E-state index contributed by atoms with van der Waals surface area (Å²) in [5.74, 6) is 0.270. The number of rotatable bonds is 1. The van der Waals surface area contributed by atoms with Gasteiger partial charge in [-0.15, -0.1) is 0 Å². The van der Waals surface area contributed by atoms with E-state index in [0.29, 0.717) is 5.75 Å². The first-order valence-corrected chi connectivity index (χ1v) is 3.68. The Morgan fingerprint density at radius 2 is 1.91 bits per heavy atom. The summed E-state index contributed by atoms with van der Waals surface area (Å²) >= 11 is 3.32. The number of hydrogen-bond donors (Lipinski definition) is 0. The lowest BCUT2D eigenvalue weighted by Crippen LogP contribution is -2.00. The SMILES string of the molecule is CC(=O)Oc1ccc([SH2+])cc1. The van der Waals surface area contributed by atoms with Crippen molar-refractivity contribution in [1.29, 1.82) is 0 Å². The van der Waals surface area contributed by atoms with Gasteiger partial charge in [0.05, 0.1) is 0 Å². The molecule has 0 amide bonds. The molecule has 1 aromatic rings. The first kappa shape index (κ1) is 8.14. The van der Waals surface area contributed by atoms with Gasteiger partial charge in [-0.2, -0.15) is 0 Å². The number of ether oxygens (including phenoxy) is 1. The fourth-order valence-electron chi connectivity index (χ4n) is 0.689. The van der Waals surface area contributed by atoms with E-state index in [0.717, 1.165) is 4.90 Å². The molecular formula is C8H9O2S+. The Hall–Kier alpha value is -0.960. The summed E-state index contributed by atoms with van der Waals surface area (Å²) in [5.41, 5.74) is 0. The zero-order valence-corrected chi connectivity index (χ0v) is 7.13. The van der Waals surface area contributed by atoms with Crippen molar-refractivity contribution in [3.8, 4) is 5.75 Å². The Balaban J connectivity index is 2.74. The van der Waals surface area contributed by atoms with Crippen molar-refractivity contribution < 1.29 is 9.53 Å². The fraction of sp³-hybridized carbons (Fsp3) is 0.125. The predicted molar refractivity (Wildman–Crippen MR) is 46.2 cm³/mol. The van der Waals surface area contributed by atoms with Gasteiger partial charge in [0.2, 0.25) is 0 Å². The second-order valence-corrected chi connectivity index (χ2v) is 2.70. The Kier molecular flexibility index (Phi) is 2.54. The van der Waals surface area contributed by atoms with Crippen molar-refractivity contribution in [2.24, 2.45) is 0 Å². The van der Waals surface area contributed by atoms with Crippen LogP contribution in [0.5, 0.6) is 5.75 Å². The lowest BCUT2D eigenvalue weighted by atomic mass is 10.3. The number of esters is 1. The minimum atomic E-state index is -0.299. The van der Waals surface area contributed by atoms with Crippen LogP contribution in [-0.4, -0.2) is 5.97 Å². The molecular weight excluding hydrogens is 160 g/mol. The molecule has 1 aromatic carbocycles. The van der Waals surface area contributed by atoms with Crippen LogP contribution in [0.2, 0.25) is 0 Å². The van der Waals surface area contributed by atoms with Crippen LogP contribution >= 0.6 is 0 Å². The minimum Gasteiger partial charge on any atom is -0.427 e. The van der Waals surface area contributed by atoms with Crippen LogP contribution in [0.4, 0.5) is 0 Å². The van der Waals surface area contributed by atoms with Gasteiger partial charge in [-0.05, 0) is 36.9 Å². The largest absolute Gasteiger partial charge is 0.427 e. The smallest absolute Gasteiger partial charge is 0.308 e. The highest BCUT2D eigenvalue weighted by Gasteiger charge is 1.97. The van der Waals surface area contributed by atoms with Crippen LogP contribution in [0.3, 0.4) is 0 Å². The summed E-state index contributed by atoms with van der Waals surface area (Å²) in [6.07, 6.45) is 0. The highest BCUT2D eigenvalue weighted by atomic mass is 32.1. The first-order chi connectivity index (χ1) is 5.18. The molecule has 2 nitrogen and oxygen atoms in total. The third-order valence-corrected chi connectivity index (χ3v) is 1.45. The van der Waals surface area contributed by atoms with E-state index in [1.807, 2.05) is 12.1 Å². The molecule has 0 aromatic heterocycles. The van der Waals surface area contributed by atoms with Crippen molar-refractivity contribution in [2.45, 2.75) is 11.8 Å². The number of carbonyl (C=O) groups excluding carboxylic acids is 1. The number of carbonyl (C=O) groups is 1. The summed E-state index contributed by atoms with van der Waals surface area (Å²) in [7, 11) is 0. The molecule has 0 aliphatic carbocycles. The average molecular weight is 169 g/mol. The van der Waals surface area contributed by atoms with E-state index in [2.05, 4.69) is 12.6 Å². The first-order valence-electron chi connectivity index (χ1n) is 3.18. The highest BCUT2D eigenvalue weighted by Crippen LogP contribution is 2.11. The summed E-state index contributed by atoms with van der Waals surface area (Å²) in [5, 5.41) is 0. The third kappa shape index (κ3) is 2.63. The molecule has 0 fully saturated rings. The maximum atomic E-state index is 10.5. The molecule has 1 rings (SSSR count). The van der Waals surface area contributed by atoms with Gasteiger partial charge in [0.1, 0.15) is 5.75 Å². The molecule has 0 atom stereocenters. The van der Waals surface area contributed by atoms with E-state index in [1.54, 1.807) is 12.1 Å². The molecule has 58 valence electrons. The maximum absolute atomic E-state index is 10.5. The summed E-state index contributed by atoms with van der Waals surface area (Å²) in [6.45, 7) is 1.38. The van der Waals surface area contributed by atoms with Crippen LogP contribution in [0.25, 0.3) is 0 Å². The van der Waals surface area contributed by atoms with Gasteiger partial charge in [0.25, 0.3) is 0 Å². The van der Waals surface area contributed by atoms with Crippen LogP contribution in [0.1, 0.15) is 6.92 Å². The van der Waals surface area contributed by atoms with Crippen LogP contribution in [0, 0.1) is 0 Å². The zero-order chi connectivity index (χ0) is 8.27. The zero-order valence-electron chi connectivity index (χ0n) is 6.13. The van der Waals surface area contributed by atoms with Crippen LogP contribution < -0.4 is 4.74 Å². The maximum Gasteiger partial charge on any atom is 0.308 e. The van der Waals surface area contributed by atoms with Crippen LogP contribution in [0.15, 0.2) is 29.2 Å². The van der Waals surface area contributed by atoms with Crippen molar-refractivity contribution in [3.05, 3.63) is 24.3 Å². The van der Waals surface area contributed by atoms with E-state index in [4.69, 9.17) is 4.74 Å². The lowest BCUT2D eigenvalue weighted by molar-refractivity contribution is -0.131. The summed E-state index contributed by atoms with van der Waals surface area (Å²) < 4.78 is 4.81. The van der Waals surface area contributed by atoms with Gasteiger partial charge in [-0.3, -0.25) is 4.79 Å². The van der Waals surface area contributed by atoms with E-state index in [-0.39, 0.29) is 5.97 Å². The van der Waals surface area contributed by atoms with E-state index in [9.17, 15) is 4.79 Å². The molecule has 0 aliphatic heterocycles. The van der Waals surface area contributed by atoms with E-state index in [1.165, 1.54) is 6.92 Å². The molecule has 0 spiro atoms. The normalized spacial score (nSPS) is 9.27. The molecule has 0 aliphatic rings. The Morgan fingerprint density at radius 1 is 1.36 bits per heavy atom. The van der Waals surface area contributed by atoms with Crippen molar-refractivity contribution in [3.63, 3.8) is 0 Å². The Morgan fingerprint density at radius 3 is 2.36 bits per heavy atom. The Bertz CT molecular complexity index is 253. The summed E-state index contributed by atoms with van der Waals surface area (Å²) in [6, 6.07) is 7.08. The molecule has 0 unspecified atom stereocenters. The van der Waals surface area contributed by atoms with E-state index >= 15 is 0 Å². The van der Waals surface area contributed by atoms with Crippen LogP contribution in [-0.2, 0) is 17.4 Å². The van der Waals surface area contributed by atoms with Gasteiger partial charge in [0, 0.05) is 6.92 Å². The van der Waals surface area contributed by atoms with Crippen molar-refractivity contribution in [1.82, 2.24) is 0 Å². The molecule has 0 saturated heterocycles. The molecule has 11 heavy (non-hydrogen) atoms. The van der Waals surface area contributed by atoms with Crippen molar-refractivity contribution >= 4 is 18.6 Å². The van der Waals surface area contributed by atoms with Crippen molar-refractivity contribution in [2.75, 3.05) is 0 Å². The topological polar surface area (TPSA) is 26.3 Å². The number of hydrogen-bond acceptors (Lipinski definition) is 2. The standard InChI is InChI=1S/C8H8O2S/c1-6(9)10-7-2-4-8(11)5-3-7/h2-5,11H,1H3/p+1. The van der Waals surface area contributed by atoms with Gasteiger partial charge in [-0.25, -0.2) is 0 Å². The molecule has 0 heterocycles. The molecule has 0 N–H and O–H groups in total. The molecule has 0 radical (unpaired) electrons. The average Bonchev–Trinajstić information content (AvgIpc) is 1.93. The third-order valence-electron chi connectivity index (χ3n) is 1.12. The molecule has 3 heteroatoms. The quantitative estimate of drug-likeness (QED) is 0.356. The van der Waals surface area contributed by atoms with E-state index < -0.39 is 0 Å². The summed E-state index contributed by atoms with van der Waals surface area (Å²) in [4.78, 5) is 11.4. The fourth-order valence-corrected chi connectivity index (χ4v) is 0.856. The molecule has 0 bridgehead atoms. The lowest BCUT2D eigenvalue weighted by Gasteiger charge is -1.97.